The molecule has 7 heteroatoms. The van der Waals surface area contributed by atoms with Gasteiger partial charge in [-0.2, -0.15) is 0 Å². The summed E-state index contributed by atoms with van der Waals surface area (Å²) in [6.45, 7) is 0. The number of pyridine rings is 1. The van der Waals surface area contributed by atoms with Crippen molar-refractivity contribution < 1.29 is 9.53 Å². The van der Waals surface area contributed by atoms with Crippen molar-refractivity contribution in [2.75, 3.05) is 30.1 Å². The molecule has 1 aromatic heterocycles. The van der Waals surface area contributed by atoms with Crippen LogP contribution in [0.4, 0.5) is 27.5 Å². The molecule has 0 saturated heterocycles. The van der Waals surface area contributed by atoms with E-state index in [2.05, 4.69) is 67.5 Å². The smallest absolute Gasteiger partial charge is 0.411 e. The number of benzene rings is 3. The third kappa shape index (κ3) is 3.91. The van der Waals surface area contributed by atoms with Crippen LogP contribution < -0.4 is 16.0 Å². The maximum absolute atomic E-state index is 11.5. The molecule has 29 heavy (non-hydrogen) atoms. The van der Waals surface area contributed by atoms with E-state index in [1.54, 1.807) is 0 Å². The van der Waals surface area contributed by atoms with E-state index < -0.39 is 6.09 Å². The lowest BCUT2D eigenvalue weighted by Gasteiger charge is -2.17. The van der Waals surface area contributed by atoms with Crippen molar-refractivity contribution >= 4 is 73.2 Å². The first-order chi connectivity index (χ1) is 14.1. The minimum Gasteiger partial charge on any atom is -0.453 e. The molecule has 3 N–H and O–H groups in total. The lowest BCUT2D eigenvalue weighted by Crippen LogP contribution is -2.11. The molecule has 1 heterocycles. The number of para-hydroxylation sites is 1. The molecule has 0 atom stereocenters. The molecule has 4 rings (SSSR count). The molecule has 146 valence electrons. The summed E-state index contributed by atoms with van der Waals surface area (Å²) in [7, 11) is 3.18. The highest BCUT2D eigenvalue weighted by molar-refractivity contribution is 14.1. The lowest BCUT2D eigenvalue weighted by atomic mass is 10.1. The van der Waals surface area contributed by atoms with Crippen molar-refractivity contribution in [1.82, 2.24) is 4.98 Å². The second-order valence-electron chi connectivity index (χ2n) is 6.42. The van der Waals surface area contributed by atoms with E-state index in [1.165, 1.54) is 7.11 Å². The Bertz CT molecular complexity index is 1230. The predicted molar refractivity (Wildman–Crippen MR) is 127 cm³/mol. The highest BCUT2D eigenvalue weighted by Crippen LogP contribution is 2.36. The molecule has 0 fully saturated rings. The fourth-order valence-corrected chi connectivity index (χ4v) is 3.72. The Balaban J connectivity index is 1.83. The minimum absolute atomic E-state index is 0.506. The monoisotopic (exact) mass is 498 g/mol. The summed E-state index contributed by atoms with van der Waals surface area (Å²) in [4.78, 5) is 16.3. The Morgan fingerprint density at radius 1 is 0.966 bits per heavy atom. The summed E-state index contributed by atoms with van der Waals surface area (Å²) < 4.78 is 5.80. The van der Waals surface area contributed by atoms with Gasteiger partial charge in [-0.15, -0.1) is 0 Å². The van der Waals surface area contributed by atoms with Crippen LogP contribution in [0.3, 0.4) is 0 Å². The van der Waals surface area contributed by atoms with Gasteiger partial charge in [0.1, 0.15) is 0 Å². The number of hydrogen-bond acceptors (Lipinski definition) is 5. The van der Waals surface area contributed by atoms with Crippen molar-refractivity contribution in [2.24, 2.45) is 0 Å². The summed E-state index contributed by atoms with van der Waals surface area (Å²) in [6.07, 6.45) is -0.506. The Labute approximate surface area is 181 Å². The number of nitrogens with one attached hydrogen (secondary N) is 3. The van der Waals surface area contributed by atoms with E-state index in [0.29, 0.717) is 5.69 Å². The molecule has 0 bridgehead atoms. The molecule has 3 aromatic carbocycles. The molecule has 0 spiro atoms. The van der Waals surface area contributed by atoms with E-state index in [-0.39, 0.29) is 0 Å². The molecular weight excluding hydrogens is 479 g/mol. The van der Waals surface area contributed by atoms with Crippen molar-refractivity contribution in [1.29, 1.82) is 0 Å². The first kappa shape index (κ1) is 19.3. The van der Waals surface area contributed by atoms with Crippen LogP contribution in [0.2, 0.25) is 0 Å². The highest BCUT2D eigenvalue weighted by atomic mass is 127. The summed E-state index contributed by atoms with van der Waals surface area (Å²) >= 11 is 2.30. The molecule has 0 aliphatic heterocycles. The molecule has 6 nitrogen and oxygen atoms in total. The zero-order valence-corrected chi connectivity index (χ0v) is 18.1. The van der Waals surface area contributed by atoms with Gasteiger partial charge in [-0.1, -0.05) is 18.2 Å². The van der Waals surface area contributed by atoms with Crippen LogP contribution in [0.5, 0.6) is 0 Å². The van der Waals surface area contributed by atoms with Crippen LogP contribution in [-0.4, -0.2) is 25.2 Å². The maximum Gasteiger partial charge on any atom is 0.411 e. The zero-order chi connectivity index (χ0) is 20.4. The van der Waals surface area contributed by atoms with Crippen LogP contribution in [0.15, 0.2) is 60.7 Å². The highest BCUT2D eigenvalue weighted by Gasteiger charge is 2.12. The van der Waals surface area contributed by atoms with E-state index in [9.17, 15) is 4.79 Å². The summed E-state index contributed by atoms with van der Waals surface area (Å²) in [5.74, 6) is 0. The molecular formula is C22H19IN4O2. The van der Waals surface area contributed by atoms with Crippen molar-refractivity contribution in [2.45, 2.75) is 0 Å². The second-order valence-corrected chi connectivity index (χ2v) is 7.66. The Morgan fingerprint density at radius 3 is 2.55 bits per heavy atom. The van der Waals surface area contributed by atoms with Crippen LogP contribution in [-0.2, 0) is 4.74 Å². The third-order valence-electron chi connectivity index (χ3n) is 4.62. The zero-order valence-electron chi connectivity index (χ0n) is 15.9. The van der Waals surface area contributed by atoms with Crippen molar-refractivity contribution in [3.05, 3.63) is 64.2 Å². The first-order valence-corrected chi connectivity index (χ1v) is 10.1. The predicted octanol–water partition coefficient (Wildman–Crippen LogP) is 5.96. The van der Waals surface area contributed by atoms with E-state index >= 15 is 0 Å². The van der Waals surface area contributed by atoms with E-state index in [0.717, 1.165) is 42.4 Å². The molecule has 0 saturated carbocycles. The number of hydrogen-bond donors (Lipinski definition) is 3. The lowest BCUT2D eigenvalue weighted by molar-refractivity contribution is 0.187. The van der Waals surface area contributed by atoms with Crippen LogP contribution in [0.1, 0.15) is 0 Å². The van der Waals surface area contributed by atoms with Gasteiger partial charge in [0, 0.05) is 27.1 Å². The molecule has 4 aromatic rings. The molecule has 0 aliphatic rings. The molecule has 1 amide bonds. The molecule has 0 unspecified atom stereocenters. The van der Waals surface area contributed by atoms with Crippen LogP contribution in [0.25, 0.3) is 21.8 Å². The number of ether oxygens (including phenoxy) is 1. The fraction of sp³-hybridized carbons (Fsp3) is 0.0909. The van der Waals surface area contributed by atoms with Gasteiger partial charge < -0.3 is 15.4 Å². The number of amides is 1. The summed E-state index contributed by atoms with van der Waals surface area (Å²) in [5, 5.41) is 11.5. The Hall–Kier alpha value is -3.07. The van der Waals surface area contributed by atoms with Gasteiger partial charge in [-0.05, 0) is 65.1 Å². The first-order valence-electron chi connectivity index (χ1n) is 9.01. The average molecular weight is 498 g/mol. The van der Waals surface area contributed by atoms with Gasteiger partial charge >= 0.3 is 6.09 Å². The van der Waals surface area contributed by atoms with Gasteiger partial charge in [0.2, 0.25) is 0 Å². The van der Waals surface area contributed by atoms with Gasteiger partial charge in [-0.25, -0.2) is 9.78 Å². The number of methoxy groups -OCH3 is 1. The number of anilines is 4. The topological polar surface area (TPSA) is 75.3 Å². The van der Waals surface area contributed by atoms with E-state index in [1.807, 2.05) is 43.4 Å². The number of halogens is 1. The third-order valence-corrected chi connectivity index (χ3v) is 5.29. The molecule has 0 radical (unpaired) electrons. The number of aromatic nitrogens is 1. The largest absolute Gasteiger partial charge is 0.453 e. The number of carbonyl (C=O) groups is 1. The number of carbonyl (C=O) groups excluding carboxylic acids is 1. The SMILES string of the molecule is CNc1cc(NC(=O)OC)ccc1Nc1c2ccccc2nc2cc(I)ccc12. The van der Waals surface area contributed by atoms with E-state index in [4.69, 9.17) is 4.98 Å². The average Bonchev–Trinajstić information content (AvgIpc) is 2.74. The number of rotatable bonds is 4. The van der Waals surface area contributed by atoms with Gasteiger partial charge in [0.05, 0.1) is 35.2 Å². The fourth-order valence-electron chi connectivity index (χ4n) is 3.24. The van der Waals surface area contributed by atoms with Gasteiger partial charge in [0.15, 0.2) is 0 Å². The van der Waals surface area contributed by atoms with Crippen LogP contribution >= 0.6 is 22.6 Å². The van der Waals surface area contributed by atoms with Gasteiger partial charge in [-0.3, -0.25) is 5.32 Å². The van der Waals surface area contributed by atoms with Gasteiger partial charge in [0.25, 0.3) is 0 Å². The minimum atomic E-state index is -0.506. The molecule has 0 aliphatic carbocycles. The standard InChI is InChI=1S/C22H19IN4O2/c1-24-20-12-14(25-22(28)29-2)8-10-18(20)27-21-15-5-3-4-6-17(15)26-19-11-13(23)7-9-16(19)21/h3-12,24H,1-2H3,(H,25,28)(H,26,27). The quantitative estimate of drug-likeness (QED) is 0.239. The Morgan fingerprint density at radius 2 is 1.76 bits per heavy atom. The summed E-state index contributed by atoms with van der Waals surface area (Å²) in [6, 6.07) is 19.9. The number of fused-ring (bicyclic) bond motifs is 2. The second kappa shape index (κ2) is 8.12. The normalized spacial score (nSPS) is 10.7. The van der Waals surface area contributed by atoms with Crippen molar-refractivity contribution in [3.63, 3.8) is 0 Å². The number of nitrogens with zero attached hydrogens (tertiary/aromatic N) is 1. The van der Waals surface area contributed by atoms with Crippen molar-refractivity contribution in [3.8, 4) is 0 Å². The summed E-state index contributed by atoms with van der Waals surface area (Å²) in [5.41, 5.74) is 5.24. The maximum atomic E-state index is 11.5. The van der Waals surface area contributed by atoms with Crippen LogP contribution in [0, 0.1) is 3.57 Å². The Kier molecular flexibility index (Phi) is 5.39.